The summed E-state index contributed by atoms with van der Waals surface area (Å²) in [5.74, 6) is 1.43. The van der Waals surface area contributed by atoms with Crippen molar-refractivity contribution in [3.8, 4) is 11.3 Å². The van der Waals surface area contributed by atoms with Crippen molar-refractivity contribution in [2.45, 2.75) is 26.2 Å². The molecule has 0 fully saturated rings. The summed E-state index contributed by atoms with van der Waals surface area (Å²) in [4.78, 5) is 7.72. The number of H-pyrrole nitrogens is 1. The zero-order valence-electron chi connectivity index (χ0n) is 11.7. The first-order valence-electron chi connectivity index (χ1n) is 6.71. The number of hydrogen-bond acceptors (Lipinski definition) is 2. The molecule has 0 aliphatic rings. The van der Waals surface area contributed by atoms with Crippen molar-refractivity contribution >= 4 is 15.9 Å². The Labute approximate surface area is 126 Å². The summed E-state index contributed by atoms with van der Waals surface area (Å²) in [6.07, 6.45) is 2.77. The molecule has 0 bridgehead atoms. The Hall–Kier alpha value is -1.20. The van der Waals surface area contributed by atoms with Gasteiger partial charge in [-0.3, -0.25) is 0 Å². The van der Waals surface area contributed by atoms with Crippen LogP contribution in [0.4, 0.5) is 4.39 Å². The molecule has 0 radical (unpaired) electrons. The number of aromatic amines is 1. The van der Waals surface area contributed by atoms with E-state index in [1.165, 1.54) is 6.07 Å². The highest BCUT2D eigenvalue weighted by Gasteiger charge is 2.16. The van der Waals surface area contributed by atoms with E-state index in [1.807, 2.05) is 0 Å². The molecule has 1 aromatic carbocycles. The SMILES string of the molecule is CC(C)CC(CN)c1ncc(-c2ccc(F)c(Br)c2)[nH]1. The Morgan fingerprint density at radius 2 is 2.15 bits per heavy atom. The molecule has 1 unspecified atom stereocenters. The van der Waals surface area contributed by atoms with E-state index in [9.17, 15) is 4.39 Å². The number of nitrogens with one attached hydrogen (secondary N) is 1. The third kappa shape index (κ3) is 3.46. The van der Waals surface area contributed by atoms with Crippen molar-refractivity contribution in [3.05, 3.63) is 40.5 Å². The van der Waals surface area contributed by atoms with Crippen LogP contribution in [0.3, 0.4) is 0 Å². The summed E-state index contributed by atoms with van der Waals surface area (Å²) in [7, 11) is 0. The fourth-order valence-corrected chi connectivity index (χ4v) is 2.62. The topological polar surface area (TPSA) is 54.7 Å². The Morgan fingerprint density at radius 1 is 1.40 bits per heavy atom. The summed E-state index contributed by atoms with van der Waals surface area (Å²) in [5.41, 5.74) is 7.61. The Kier molecular flexibility index (Phi) is 4.94. The second kappa shape index (κ2) is 6.50. The maximum atomic E-state index is 13.3. The average molecular weight is 340 g/mol. The Morgan fingerprint density at radius 3 is 2.75 bits per heavy atom. The molecule has 1 aromatic heterocycles. The van der Waals surface area contributed by atoms with Gasteiger partial charge in [-0.25, -0.2) is 9.37 Å². The number of rotatable bonds is 5. The number of imidazole rings is 1. The quantitative estimate of drug-likeness (QED) is 0.862. The number of benzene rings is 1. The lowest BCUT2D eigenvalue weighted by Crippen LogP contribution is -2.15. The lowest BCUT2D eigenvalue weighted by molar-refractivity contribution is 0.490. The minimum Gasteiger partial charge on any atom is -0.342 e. The van der Waals surface area contributed by atoms with Gasteiger partial charge in [0.1, 0.15) is 11.6 Å². The maximum absolute atomic E-state index is 13.3. The molecule has 3 N–H and O–H groups in total. The molecule has 1 atom stereocenters. The maximum Gasteiger partial charge on any atom is 0.137 e. The van der Waals surface area contributed by atoms with E-state index in [-0.39, 0.29) is 11.7 Å². The standard InChI is InChI=1S/C15H19BrFN3/c1-9(2)5-11(7-18)15-19-8-14(20-15)10-3-4-13(17)12(16)6-10/h3-4,6,8-9,11H,5,7,18H2,1-2H3,(H,19,20). The first-order valence-corrected chi connectivity index (χ1v) is 7.51. The minimum atomic E-state index is -0.270. The highest BCUT2D eigenvalue weighted by atomic mass is 79.9. The number of halogens is 2. The third-order valence-electron chi connectivity index (χ3n) is 3.25. The van der Waals surface area contributed by atoms with Gasteiger partial charge in [-0.2, -0.15) is 0 Å². The number of hydrogen-bond donors (Lipinski definition) is 2. The number of nitrogens with zero attached hydrogens (tertiary/aromatic N) is 1. The van der Waals surface area contributed by atoms with E-state index < -0.39 is 0 Å². The van der Waals surface area contributed by atoms with Crippen molar-refractivity contribution in [1.29, 1.82) is 0 Å². The molecular weight excluding hydrogens is 321 g/mol. The van der Waals surface area contributed by atoms with Gasteiger partial charge in [-0.05, 0) is 46.5 Å². The van der Waals surface area contributed by atoms with Gasteiger partial charge in [0.05, 0.1) is 16.4 Å². The first kappa shape index (κ1) is 15.2. The van der Waals surface area contributed by atoms with Gasteiger partial charge in [0, 0.05) is 18.0 Å². The smallest absolute Gasteiger partial charge is 0.137 e. The molecule has 0 saturated heterocycles. The van der Waals surface area contributed by atoms with E-state index >= 15 is 0 Å². The largest absolute Gasteiger partial charge is 0.342 e. The van der Waals surface area contributed by atoms with Crippen LogP contribution in [0.15, 0.2) is 28.9 Å². The molecule has 0 spiro atoms. The van der Waals surface area contributed by atoms with Crippen LogP contribution in [0.2, 0.25) is 0 Å². The van der Waals surface area contributed by atoms with E-state index in [1.54, 1.807) is 18.3 Å². The summed E-state index contributed by atoms with van der Waals surface area (Å²) in [6, 6.07) is 4.91. The Bertz CT molecular complexity index is 580. The normalized spacial score (nSPS) is 12.9. The van der Waals surface area contributed by atoms with Crippen molar-refractivity contribution in [1.82, 2.24) is 9.97 Å². The van der Waals surface area contributed by atoms with Gasteiger partial charge in [-0.1, -0.05) is 13.8 Å². The zero-order chi connectivity index (χ0) is 14.7. The molecule has 0 aliphatic heterocycles. The molecule has 0 saturated carbocycles. The van der Waals surface area contributed by atoms with Gasteiger partial charge >= 0.3 is 0 Å². The monoisotopic (exact) mass is 339 g/mol. The summed E-state index contributed by atoms with van der Waals surface area (Å²) >= 11 is 3.20. The second-order valence-corrected chi connectivity index (χ2v) is 6.23. The highest BCUT2D eigenvalue weighted by Crippen LogP contribution is 2.26. The van der Waals surface area contributed by atoms with Gasteiger partial charge < -0.3 is 10.7 Å². The fraction of sp³-hybridized carbons (Fsp3) is 0.400. The van der Waals surface area contributed by atoms with Gasteiger partial charge in [0.15, 0.2) is 0 Å². The van der Waals surface area contributed by atoms with Crippen LogP contribution >= 0.6 is 15.9 Å². The third-order valence-corrected chi connectivity index (χ3v) is 3.86. The predicted molar refractivity (Wildman–Crippen MR) is 82.9 cm³/mol. The van der Waals surface area contributed by atoms with Crippen molar-refractivity contribution in [2.75, 3.05) is 6.54 Å². The van der Waals surface area contributed by atoms with Crippen LogP contribution in [0.25, 0.3) is 11.3 Å². The average Bonchev–Trinajstić information content (AvgIpc) is 2.88. The van der Waals surface area contributed by atoms with Crippen LogP contribution in [0.1, 0.15) is 32.0 Å². The Balaban J connectivity index is 2.25. The van der Waals surface area contributed by atoms with Crippen LogP contribution in [0.5, 0.6) is 0 Å². The highest BCUT2D eigenvalue weighted by molar-refractivity contribution is 9.10. The summed E-state index contributed by atoms with van der Waals surface area (Å²) in [5, 5.41) is 0. The number of nitrogens with two attached hydrogens (primary N) is 1. The number of aromatic nitrogens is 2. The molecule has 1 heterocycles. The minimum absolute atomic E-state index is 0.229. The summed E-state index contributed by atoms with van der Waals surface area (Å²) in [6.45, 7) is 4.91. The van der Waals surface area contributed by atoms with Crippen LogP contribution in [-0.2, 0) is 0 Å². The summed E-state index contributed by atoms with van der Waals surface area (Å²) < 4.78 is 13.7. The van der Waals surface area contributed by atoms with Crippen molar-refractivity contribution in [2.24, 2.45) is 11.7 Å². The molecule has 5 heteroatoms. The molecule has 2 aromatic rings. The van der Waals surface area contributed by atoms with Gasteiger partial charge in [0.2, 0.25) is 0 Å². The lowest BCUT2D eigenvalue weighted by Gasteiger charge is -2.14. The van der Waals surface area contributed by atoms with Gasteiger partial charge in [0.25, 0.3) is 0 Å². The van der Waals surface area contributed by atoms with E-state index in [0.29, 0.717) is 16.9 Å². The van der Waals surface area contributed by atoms with Crippen molar-refractivity contribution < 1.29 is 4.39 Å². The van der Waals surface area contributed by atoms with E-state index in [2.05, 4.69) is 39.7 Å². The second-order valence-electron chi connectivity index (χ2n) is 5.37. The molecule has 0 aliphatic carbocycles. The van der Waals surface area contributed by atoms with Gasteiger partial charge in [-0.15, -0.1) is 0 Å². The van der Waals surface area contributed by atoms with E-state index in [0.717, 1.165) is 23.5 Å². The van der Waals surface area contributed by atoms with E-state index in [4.69, 9.17) is 5.73 Å². The van der Waals surface area contributed by atoms with Crippen LogP contribution in [-0.4, -0.2) is 16.5 Å². The van der Waals surface area contributed by atoms with Crippen molar-refractivity contribution in [3.63, 3.8) is 0 Å². The van der Waals surface area contributed by atoms with Crippen LogP contribution < -0.4 is 5.73 Å². The molecule has 0 amide bonds. The molecule has 108 valence electrons. The molecule has 20 heavy (non-hydrogen) atoms. The molecule has 3 nitrogen and oxygen atoms in total. The lowest BCUT2D eigenvalue weighted by atomic mass is 9.97. The molecular formula is C15H19BrFN3. The molecule has 2 rings (SSSR count). The fourth-order valence-electron chi connectivity index (χ4n) is 2.24. The predicted octanol–water partition coefficient (Wildman–Crippen LogP) is 4.07. The zero-order valence-corrected chi connectivity index (χ0v) is 13.2. The van der Waals surface area contributed by atoms with Crippen LogP contribution in [0, 0.1) is 11.7 Å². The first-order chi connectivity index (χ1) is 9.51.